The molecule has 0 fully saturated rings. The van der Waals surface area contributed by atoms with Crippen molar-refractivity contribution in [3.63, 3.8) is 0 Å². The van der Waals surface area contributed by atoms with Crippen molar-refractivity contribution in [3.05, 3.63) is 47.0 Å². The maximum Gasteiger partial charge on any atom is 0.197 e. The maximum atomic E-state index is 12.7. The maximum absolute atomic E-state index is 12.7. The van der Waals surface area contributed by atoms with E-state index in [0.29, 0.717) is 10.9 Å². The summed E-state index contributed by atoms with van der Waals surface area (Å²) < 4.78 is 23.4. The van der Waals surface area contributed by atoms with Crippen molar-refractivity contribution in [2.24, 2.45) is 0 Å². The number of benzene rings is 2. The molecule has 3 rings (SSSR count). The summed E-state index contributed by atoms with van der Waals surface area (Å²) in [7, 11) is 2.00. The first-order chi connectivity index (χ1) is 11.5. The first-order valence-corrected chi connectivity index (χ1v) is 8.90. The molecule has 6 heteroatoms. The van der Waals surface area contributed by atoms with Crippen molar-refractivity contribution in [2.45, 2.75) is 24.8 Å². The van der Waals surface area contributed by atoms with Crippen molar-refractivity contribution in [1.82, 2.24) is 9.97 Å². The van der Waals surface area contributed by atoms with E-state index in [1.165, 1.54) is 0 Å². The zero-order chi connectivity index (χ0) is 17.3. The number of aryl methyl sites for hydroxylation is 1. The van der Waals surface area contributed by atoms with E-state index < -0.39 is 10.8 Å². The third kappa shape index (κ3) is 3.01. The van der Waals surface area contributed by atoms with E-state index in [-0.39, 0.29) is 0 Å². The quantitative estimate of drug-likeness (QED) is 0.769. The Bertz CT molecular complexity index is 918. The number of methoxy groups -OCH3 is 2. The predicted octanol–water partition coefficient (Wildman–Crippen LogP) is 3.50. The minimum atomic E-state index is -1.27. The SMILES string of the molecule is COc1ccc2nc([S@@](=O)Cc3ccc(C)c(OC)c3C)[nH]c2c1. The Labute approximate surface area is 143 Å². The van der Waals surface area contributed by atoms with Crippen LogP contribution in [0.25, 0.3) is 11.0 Å². The van der Waals surface area contributed by atoms with Gasteiger partial charge in [-0.2, -0.15) is 0 Å². The van der Waals surface area contributed by atoms with Crippen molar-refractivity contribution in [1.29, 1.82) is 0 Å². The van der Waals surface area contributed by atoms with Gasteiger partial charge in [0.2, 0.25) is 0 Å². The number of H-pyrrole nitrogens is 1. The van der Waals surface area contributed by atoms with E-state index in [9.17, 15) is 4.21 Å². The van der Waals surface area contributed by atoms with Gasteiger partial charge in [-0.05, 0) is 42.7 Å². The summed E-state index contributed by atoms with van der Waals surface area (Å²) in [6, 6.07) is 9.53. The Kier molecular flexibility index (Phi) is 4.57. The van der Waals surface area contributed by atoms with Crippen molar-refractivity contribution in [2.75, 3.05) is 14.2 Å². The van der Waals surface area contributed by atoms with Gasteiger partial charge < -0.3 is 14.5 Å². The standard InChI is InChI=1S/C18H20N2O3S/c1-11-5-6-13(12(2)17(11)23-4)10-24(21)18-19-15-8-7-14(22-3)9-16(15)20-18/h5-9H,10H2,1-4H3,(H,19,20)/t24-/m0/s1. The highest BCUT2D eigenvalue weighted by atomic mass is 32.2. The monoisotopic (exact) mass is 344 g/mol. The van der Waals surface area contributed by atoms with Gasteiger partial charge in [-0.1, -0.05) is 12.1 Å². The van der Waals surface area contributed by atoms with Crippen LogP contribution in [0.3, 0.4) is 0 Å². The summed E-state index contributed by atoms with van der Waals surface area (Å²) in [6.45, 7) is 3.99. The first kappa shape index (κ1) is 16.5. The molecule has 0 unspecified atom stereocenters. The summed E-state index contributed by atoms with van der Waals surface area (Å²) in [5, 5.41) is 0.470. The topological polar surface area (TPSA) is 64.2 Å². The third-order valence-corrected chi connectivity index (χ3v) is 5.29. The van der Waals surface area contributed by atoms with Gasteiger partial charge in [0.25, 0.3) is 0 Å². The van der Waals surface area contributed by atoms with Gasteiger partial charge in [-0.15, -0.1) is 0 Å². The van der Waals surface area contributed by atoms with Crippen molar-refractivity contribution in [3.8, 4) is 11.5 Å². The van der Waals surface area contributed by atoms with Crippen LogP contribution in [0.4, 0.5) is 0 Å². The van der Waals surface area contributed by atoms with E-state index in [1.54, 1.807) is 14.2 Å². The smallest absolute Gasteiger partial charge is 0.197 e. The number of nitrogens with zero attached hydrogens (tertiary/aromatic N) is 1. The molecule has 126 valence electrons. The molecule has 5 nitrogen and oxygen atoms in total. The van der Waals surface area contributed by atoms with Gasteiger partial charge in [0.1, 0.15) is 11.5 Å². The summed E-state index contributed by atoms with van der Waals surface area (Å²) in [4.78, 5) is 7.56. The molecule has 1 N–H and O–H groups in total. The molecule has 0 aliphatic heterocycles. The Morgan fingerprint density at radius 1 is 1.12 bits per heavy atom. The number of fused-ring (bicyclic) bond motifs is 1. The molecule has 2 aromatic carbocycles. The van der Waals surface area contributed by atoms with Crippen molar-refractivity contribution < 1.29 is 13.7 Å². The Hall–Kier alpha value is -2.34. The summed E-state index contributed by atoms with van der Waals surface area (Å²) in [5.74, 6) is 1.97. The van der Waals surface area contributed by atoms with E-state index in [1.807, 2.05) is 44.2 Å². The van der Waals surface area contributed by atoms with Gasteiger partial charge >= 0.3 is 0 Å². The number of nitrogens with one attached hydrogen (secondary N) is 1. The molecule has 3 aromatic rings. The van der Waals surface area contributed by atoms with E-state index in [4.69, 9.17) is 9.47 Å². The molecule has 1 atom stereocenters. The van der Waals surface area contributed by atoms with Gasteiger partial charge in [0.05, 0.1) is 41.8 Å². The number of hydrogen-bond acceptors (Lipinski definition) is 4. The number of hydrogen-bond donors (Lipinski definition) is 1. The fraction of sp³-hybridized carbons (Fsp3) is 0.278. The normalized spacial score (nSPS) is 12.3. The zero-order valence-electron chi connectivity index (χ0n) is 14.2. The van der Waals surface area contributed by atoms with Crippen molar-refractivity contribution >= 4 is 21.8 Å². The molecule has 0 amide bonds. The van der Waals surface area contributed by atoms with Crippen LogP contribution in [-0.2, 0) is 16.6 Å². The number of ether oxygens (including phenoxy) is 2. The first-order valence-electron chi connectivity index (χ1n) is 7.58. The van der Waals surface area contributed by atoms with Gasteiger partial charge in [0.15, 0.2) is 5.16 Å². The largest absolute Gasteiger partial charge is 0.497 e. The van der Waals surface area contributed by atoms with E-state index >= 15 is 0 Å². The van der Waals surface area contributed by atoms with Gasteiger partial charge in [-0.25, -0.2) is 4.98 Å². The lowest BCUT2D eigenvalue weighted by Gasteiger charge is -2.12. The Morgan fingerprint density at radius 2 is 1.92 bits per heavy atom. The van der Waals surface area contributed by atoms with Crippen LogP contribution < -0.4 is 9.47 Å². The number of aromatic nitrogens is 2. The van der Waals surface area contributed by atoms with Crippen LogP contribution in [0.1, 0.15) is 16.7 Å². The van der Waals surface area contributed by atoms with Crippen LogP contribution in [-0.4, -0.2) is 28.4 Å². The molecule has 0 aliphatic carbocycles. The van der Waals surface area contributed by atoms with Crippen LogP contribution in [0.2, 0.25) is 0 Å². The minimum absolute atomic E-state index is 0.388. The minimum Gasteiger partial charge on any atom is -0.497 e. The second-order valence-electron chi connectivity index (χ2n) is 5.61. The number of aromatic amines is 1. The van der Waals surface area contributed by atoms with Gasteiger partial charge in [-0.3, -0.25) is 4.21 Å². The fourth-order valence-corrected chi connectivity index (χ4v) is 3.90. The van der Waals surface area contributed by atoms with Crippen LogP contribution in [0, 0.1) is 13.8 Å². The van der Waals surface area contributed by atoms with Crippen LogP contribution in [0.5, 0.6) is 11.5 Å². The predicted molar refractivity (Wildman–Crippen MR) is 95.2 cm³/mol. The molecule has 0 aliphatic rings. The molecule has 1 aromatic heterocycles. The number of imidazole rings is 1. The highest BCUT2D eigenvalue weighted by Crippen LogP contribution is 2.27. The lowest BCUT2D eigenvalue weighted by Crippen LogP contribution is -2.02. The van der Waals surface area contributed by atoms with E-state index in [0.717, 1.165) is 39.2 Å². The molecule has 0 spiro atoms. The molecule has 24 heavy (non-hydrogen) atoms. The molecular formula is C18H20N2O3S. The Balaban J connectivity index is 1.90. The third-order valence-electron chi connectivity index (χ3n) is 4.09. The second kappa shape index (κ2) is 6.65. The van der Waals surface area contributed by atoms with E-state index in [2.05, 4.69) is 9.97 Å². The lowest BCUT2D eigenvalue weighted by atomic mass is 10.1. The summed E-state index contributed by atoms with van der Waals surface area (Å²) in [6.07, 6.45) is 0. The Morgan fingerprint density at radius 3 is 2.62 bits per heavy atom. The molecule has 0 saturated carbocycles. The molecule has 1 heterocycles. The molecule has 0 saturated heterocycles. The summed E-state index contributed by atoms with van der Waals surface area (Å²) in [5.41, 5.74) is 4.67. The number of rotatable bonds is 5. The molecular weight excluding hydrogens is 324 g/mol. The highest BCUT2D eigenvalue weighted by molar-refractivity contribution is 7.84. The van der Waals surface area contributed by atoms with Crippen LogP contribution >= 0.6 is 0 Å². The lowest BCUT2D eigenvalue weighted by molar-refractivity contribution is 0.408. The fourth-order valence-electron chi connectivity index (χ4n) is 2.75. The zero-order valence-corrected chi connectivity index (χ0v) is 15.0. The molecule has 0 bridgehead atoms. The molecule has 0 radical (unpaired) electrons. The summed E-state index contributed by atoms with van der Waals surface area (Å²) >= 11 is 0. The second-order valence-corrected chi connectivity index (χ2v) is 6.98. The average Bonchev–Trinajstić information content (AvgIpc) is 3.01. The average molecular weight is 344 g/mol. The highest BCUT2D eigenvalue weighted by Gasteiger charge is 2.15. The van der Waals surface area contributed by atoms with Crippen LogP contribution in [0.15, 0.2) is 35.5 Å². The van der Waals surface area contributed by atoms with Gasteiger partial charge in [0, 0.05) is 6.07 Å².